The Kier molecular flexibility index (Phi) is 4.98. The van der Waals surface area contributed by atoms with Gasteiger partial charge in [-0.2, -0.15) is 0 Å². The van der Waals surface area contributed by atoms with E-state index in [0.29, 0.717) is 30.5 Å². The smallest absolute Gasteiger partial charge is 0.317 e. The topological polar surface area (TPSA) is 54.5 Å². The monoisotopic (exact) mass is 331 g/mol. The van der Waals surface area contributed by atoms with Crippen LogP contribution in [0.3, 0.4) is 0 Å². The van der Waals surface area contributed by atoms with E-state index in [4.69, 9.17) is 16.3 Å². The highest BCUT2D eigenvalue weighted by molar-refractivity contribution is 6.30. The molecule has 1 unspecified atom stereocenters. The number of carbonyl (C=O) groups excluding carboxylic acids is 1. The molecule has 23 heavy (non-hydrogen) atoms. The molecule has 2 aromatic rings. The van der Waals surface area contributed by atoms with Gasteiger partial charge in [0.25, 0.3) is 0 Å². The largest absolute Gasteiger partial charge is 0.472 e. The van der Waals surface area contributed by atoms with E-state index in [1.165, 1.54) is 0 Å². The molecule has 5 nitrogen and oxygen atoms in total. The van der Waals surface area contributed by atoms with E-state index in [1.54, 1.807) is 11.1 Å². The van der Waals surface area contributed by atoms with E-state index in [2.05, 4.69) is 10.3 Å². The summed E-state index contributed by atoms with van der Waals surface area (Å²) in [7, 11) is 0. The maximum Gasteiger partial charge on any atom is 0.317 e. The lowest BCUT2D eigenvalue weighted by Crippen LogP contribution is -2.39. The number of hydrogen-bond donors (Lipinski definition) is 1. The molecular weight excluding hydrogens is 314 g/mol. The second-order valence-corrected chi connectivity index (χ2v) is 5.86. The fourth-order valence-corrected chi connectivity index (χ4v) is 2.61. The molecule has 1 atom stereocenters. The Morgan fingerprint density at radius 3 is 2.87 bits per heavy atom. The molecule has 120 valence electrons. The number of amides is 2. The van der Waals surface area contributed by atoms with Crippen molar-refractivity contribution in [3.8, 4) is 5.88 Å². The first-order valence-electron chi connectivity index (χ1n) is 7.55. The lowest BCUT2D eigenvalue weighted by molar-refractivity contribution is 0.183. The Morgan fingerprint density at radius 1 is 1.30 bits per heavy atom. The summed E-state index contributed by atoms with van der Waals surface area (Å²) in [5, 5.41) is 3.61. The molecule has 1 saturated heterocycles. The predicted octanol–water partition coefficient (Wildman–Crippen LogP) is 3.10. The van der Waals surface area contributed by atoms with E-state index >= 15 is 0 Å². The number of pyridine rings is 1. The van der Waals surface area contributed by atoms with Crippen molar-refractivity contribution in [1.82, 2.24) is 15.2 Å². The zero-order valence-electron chi connectivity index (χ0n) is 12.6. The molecular formula is C17H18ClN3O2. The van der Waals surface area contributed by atoms with Gasteiger partial charge in [-0.15, -0.1) is 0 Å². The first kappa shape index (κ1) is 15.6. The van der Waals surface area contributed by atoms with Crippen LogP contribution in [-0.4, -0.2) is 35.1 Å². The molecule has 1 N–H and O–H groups in total. The van der Waals surface area contributed by atoms with Crippen LogP contribution in [0.5, 0.6) is 5.88 Å². The van der Waals surface area contributed by atoms with Gasteiger partial charge in [-0.05, 0) is 23.8 Å². The molecule has 1 aromatic heterocycles. The average Bonchev–Trinajstić information content (AvgIpc) is 3.03. The molecule has 0 radical (unpaired) electrons. The zero-order chi connectivity index (χ0) is 16.1. The second-order valence-electron chi connectivity index (χ2n) is 5.43. The maximum absolute atomic E-state index is 12.2. The molecule has 1 aliphatic heterocycles. The van der Waals surface area contributed by atoms with Gasteiger partial charge in [0.15, 0.2) is 0 Å². The van der Waals surface area contributed by atoms with Crippen LogP contribution in [0.25, 0.3) is 0 Å². The highest BCUT2D eigenvalue weighted by Gasteiger charge is 2.27. The summed E-state index contributed by atoms with van der Waals surface area (Å²) >= 11 is 5.85. The minimum Gasteiger partial charge on any atom is -0.472 e. The minimum atomic E-state index is -0.0768. The summed E-state index contributed by atoms with van der Waals surface area (Å²) in [6.45, 7) is 1.74. The summed E-state index contributed by atoms with van der Waals surface area (Å²) in [6.07, 6.45) is 2.50. The van der Waals surface area contributed by atoms with Gasteiger partial charge in [0, 0.05) is 36.8 Å². The second kappa shape index (κ2) is 7.33. The van der Waals surface area contributed by atoms with Gasteiger partial charge in [0.2, 0.25) is 5.88 Å². The molecule has 6 heteroatoms. The number of likely N-dealkylation sites (tertiary alicyclic amines) is 1. The van der Waals surface area contributed by atoms with Crippen LogP contribution >= 0.6 is 11.6 Å². The van der Waals surface area contributed by atoms with Gasteiger partial charge in [-0.1, -0.05) is 29.8 Å². The maximum atomic E-state index is 12.2. The van der Waals surface area contributed by atoms with Crippen LogP contribution < -0.4 is 10.1 Å². The van der Waals surface area contributed by atoms with Crippen molar-refractivity contribution in [3.63, 3.8) is 0 Å². The number of nitrogens with one attached hydrogen (secondary N) is 1. The Balaban J connectivity index is 1.46. The highest BCUT2D eigenvalue weighted by atomic mass is 35.5. The molecule has 2 heterocycles. The first-order valence-corrected chi connectivity index (χ1v) is 7.93. The van der Waals surface area contributed by atoms with Crippen molar-refractivity contribution in [2.75, 3.05) is 13.1 Å². The van der Waals surface area contributed by atoms with Crippen molar-refractivity contribution in [3.05, 3.63) is 59.2 Å². The first-order chi connectivity index (χ1) is 11.2. The lowest BCUT2D eigenvalue weighted by Gasteiger charge is -2.17. The lowest BCUT2D eigenvalue weighted by atomic mass is 10.2. The fraction of sp³-hybridized carbons (Fsp3) is 0.294. The van der Waals surface area contributed by atoms with Gasteiger partial charge in [-0.25, -0.2) is 9.78 Å². The zero-order valence-corrected chi connectivity index (χ0v) is 13.4. The number of hydrogen-bond acceptors (Lipinski definition) is 3. The van der Waals surface area contributed by atoms with E-state index in [-0.39, 0.29) is 12.1 Å². The summed E-state index contributed by atoms with van der Waals surface area (Å²) in [4.78, 5) is 18.1. The van der Waals surface area contributed by atoms with E-state index in [1.807, 2.05) is 42.5 Å². The number of halogens is 1. The molecule has 1 aromatic carbocycles. The Bertz CT molecular complexity index is 649. The summed E-state index contributed by atoms with van der Waals surface area (Å²) in [5.41, 5.74) is 1.02. The third-order valence-corrected chi connectivity index (χ3v) is 3.97. The molecule has 0 saturated carbocycles. The van der Waals surface area contributed by atoms with Gasteiger partial charge in [0.1, 0.15) is 6.10 Å². The minimum absolute atomic E-state index is 0.00816. The van der Waals surface area contributed by atoms with Crippen molar-refractivity contribution in [2.45, 2.75) is 19.1 Å². The predicted molar refractivity (Wildman–Crippen MR) is 88.5 cm³/mol. The molecule has 1 aliphatic rings. The number of ether oxygens (including phenoxy) is 1. The molecule has 0 spiro atoms. The quantitative estimate of drug-likeness (QED) is 0.936. The Hall–Kier alpha value is -2.27. The number of rotatable bonds is 4. The van der Waals surface area contributed by atoms with Gasteiger partial charge < -0.3 is 15.0 Å². The highest BCUT2D eigenvalue weighted by Crippen LogP contribution is 2.16. The van der Waals surface area contributed by atoms with Gasteiger partial charge >= 0.3 is 6.03 Å². The average molecular weight is 332 g/mol. The number of aromatic nitrogens is 1. The normalized spacial score (nSPS) is 17.1. The SMILES string of the molecule is O=C(NCc1ccc(Cl)cc1)N1CCC(Oc2ccccn2)C1. The van der Waals surface area contributed by atoms with Gasteiger partial charge in [-0.3, -0.25) is 0 Å². The van der Waals surface area contributed by atoms with Crippen LogP contribution in [0, 0.1) is 0 Å². The van der Waals surface area contributed by atoms with E-state index in [9.17, 15) is 4.79 Å². The fourth-order valence-electron chi connectivity index (χ4n) is 2.49. The van der Waals surface area contributed by atoms with Crippen molar-refractivity contribution in [2.24, 2.45) is 0 Å². The number of nitrogens with zero attached hydrogens (tertiary/aromatic N) is 2. The van der Waals surface area contributed by atoms with Crippen LogP contribution in [0.2, 0.25) is 5.02 Å². The van der Waals surface area contributed by atoms with Crippen molar-refractivity contribution < 1.29 is 9.53 Å². The van der Waals surface area contributed by atoms with Crippen LogP contribution in [-0.2, 0) is 6.54 Å². The van der Waals surface area contributed by atoms with Crippen molar-refractivity contribution >= 4 is 17.6 Å². The molecule has 3 rings (SSSR count). The summed E-state index contributed by atoms with van der Waals surface area (Å²) < 4.78 is 5.78. The van der Waals surface area contributed by atoms with Crippen LogP contribution in [0.15, 0.2) is 48.7 Å². The van der Waals surface area contributed by atoms with Crippen LogP contribution in [0.4, 0.5) is 4.79 Å². The van der Waals surface area contributed by atoms with Crippen molar-refractivity contribution in [1.29, 1.82) is 0 Å². The third-order valence-electron chi connectivity index (χ3n) is 3.71. The Morgan fingerprint density at radius 2 is 2.13 bits per heavy atom. The number of urea groups is 1. The molecule has 1 fully saturated rings. The molecule has 0 bridgehead atoms. The molecule has 0 aliphatic carbocycles. The Labute approximate surface area is 140 Å². The number of carbonyl (C=O) groups is 1. The number of benzene rings is 1. The summed E-state index contributed by atoms with van der Waals surface area (Å²) in [6, 6.07) is 12.9. The standard InChI is InChI=1S/C17H18ClN3O2/c18-14-6-4-13(5-7-14)11-20-17(22)21-10-8-15(12-21)23-16-3-1-2-9-19-16/h1-7,9,15H,8,10-12H2,(H,20,22). The van der Waals surface area contributed by atoms with E-state index < -0.39 is 0 Å². The summed E-state index contributed by atoms with van der Waals surface area (Å²) in [5.74, 6) is 0.598. The van der Waals surface area contributed by atoms with Gasteiger partial charge in [0.05, 0.1) is 6.54 Å². The van der Waals surface area contributed by atoms with E-state index in [0.717, 1.165) is 12.0 Å². The molecule has 2 amide bonds. The third kappa shape index (κ3) is 4.36. The van der Waals surface area contributed by atoms with Crippen LogP contribution in [0.1, 0.15) is 12.0 Å².